The number of benzene rings is 2. The molecule has 0 aliphatic heterocycles. The lowest BCUT2D eigenvalue weighted by atomic mass is 10.0. The fourth-order valence-corrected chi connectivity index (χ4v) is 2.59. The van der Waals surface area contributed by atoms with E-state index < -0.39 is 0 Å². The van der Waals surface area contributed by atoms with Crippen LogP contribution in [-0.4, -0.2) is 12.5 Å². The van der Waals surface area contributed by atoms with Crippen LogP contribution in [0.25, 0.3) is 0 Å². The summed E-state index contributed by atoms with van der Waals surface area (Å²) < 4.78 is 5.70. The maximum Gasteiger partial charge on any atom is 0.224 e. The van der Waals surface area contributed by atoms with E-state index in [0.717, 1.165) is 17.0 Å². The SMILES string of the molecule is Cc1cc(Cl)ccc1OCCCC(=O)Nc1ccc(C(C)C)cc1. The average Bonchev–Trinajstić information content (AvgIpc) is 2.53. The Morgan fingerprint density at radius 3 is 2.50 bits per heavy atom. The maximum absolute atomic E-state index is 12.0. The predicted molar refractivity (Wildman–Crippen MR) is 100 cm³/mol. The van der Waals surface area contributed by atoms with Crippen LogP contribution in [0.3, 0.4) is 0 Å². The number of hydrogen-bond acceptors (Lipinski definition) is 2. The van der Waals surface area contributed by atoms with E-state index in [1.165, 1.54) is 5.56 Å². The smallest absolute Gasteiger partial charge is 0.224 e. The van der Waals surface area contributed by atoms with Crippen molar-refractivity contribution in [3.8, 4) is 5.75 Å². The zero-order chi connectivity index (χ0) is 17.5. The van der Waals surface area contributed by atoms with Crippen molar-refractivity contribution in [1.29, 1.82) is 0 Å². The monoisotopic (exact) mass is 345 g/mol. The molecule has 4 heteroatoms. The molecule has 2 aromatic carbocycles. The molecule has 1 amide bonds. The van der Waals surface area contributed by atoms with Crippen LogP contribution in [0.2, 0.25) is 5.02 Å². The highest BCUT2D eigenvalue weighted by atomic mass is 35.5. The molecule has 3 nitrogen and oxygen atoms in total. The molecule has 0 heterocycles. The van der Waals surface area contributed by atoms with Crippen LogP contribution in [0.1, 0.15) is 43.7 Å². The van der Waals surface area contributed by atoms with Gasteiger partial charge in [-0.25, -0.2) is 0 Å². The predicted octanol–water partition coefficient (Wildman–Crippen LogP) is 5.57. The molecule has 128 valence electrons. The second-order valence-electron chi connectivity index (χ2n) is 6.19. The van der Waals surface area contributed by atoms with Gasteiger partial charge in [-0.3, -0.25) is 4.79 Å². The normalized spacial score (nSPS) is 10.7. The van der Waals surface area contributed by atoms with Crippen molar-refractivity contribution in [3.05, 3.63) is 58.6 Å². The van der Waals surface area contributed by atoms with Gasteiger partial charge in [-0.2, -0.15) is 0 Å². The second-order valence-corrected chi connectivity index (χ2v) is 6.62. The van der Waals surface area contributed by atoms with Gasteiger partial charge < -0.3 is 10.1 Å². The molecule has 24 heavy (non-hydrogen) atoms. The van der Waals surface area contributed by atoms with E-state index in [9.17, 15) is 4.79 Å². The summed E-state index contributed by atoms with van der Waals surface area (Å²) in [7, 11) is 0. The van der Waals surface area contributed by atoms with Crippen molar-refractivity contribution >= 4 is 23.2 Å². The van der Waals surface area contributed by atoms with Crippen molar-refractivity contribution in [2.45, 2.75) is 39.5 Å². The number of aryl methyl sites for hydroxylation is 1. The minimum absolute atomic E-state index is 0.00345. The summed E-state index contributed by atoms with van der Waals surface area (Å²) in [5, 5.41) is 3.61. The standard InChI is InChI=1S/C20H24ClNO2/c1-14(2)16-6-9-18(10-7-16)22-20(23)5-4-12-24-19-11-8-17(21)13-15(19)3/h6-11,13-14H,4-5,12H2,1-3H3,(H,22,23). The number of ether oxygens (including phenoxy) is 1. The first-order valence-electron chi connectivity index (χ1n) is 8.24. The Hall–Kier alpha value is -2.00. The molecule has 0 aromatic heterocycles. The third-order valence-electron chi connectivity index (χ3n) is 3.80. The summed E-state index contributed by atoms with van der Waals surface area (Å²) in [6.45, 7) is 6.75. The molecule has 0 saturated carbocycles. The number of anilines is 1. The Bertz CT molecular complexity index is 681. The molecule has 2 aromatic rings. The van der Waals surface area contributed by atoms with Crippen molar-refractivity contribution in [2.24, 2.45) is 0 Å². The minimum atomic E-state index is 0.00345. The number of halogens is 1. The highest BCUT2D eigenvalue weighted by Gasteiger charge is 2.05. The Balaban J connectivity index is 1.73. The third-order valence-corrected chi connectivity index (χ3v) is 4.04. The molecule has 2 rings (SSSR count). The van der Waals surface area contributed by atoms with E-state index in [2.05, 4.69) is 19.2 Å². The molecule has 0 bridgehead atoms. The zero-order valence-corrected chi connectivity index (χ0v) is 15.2. The molecule has 1 N–H and O–H groups in total. The van der Waals surface area contributed by atoms with E-state index >= 15 is 0 Å². The molecular formula is C20H24ClNO2. The highest BCUT2D eigenvalue weighted by molar-refractivity contribution is 6.30. The Morgan fingerprint density at radius 1 is 1.17 bits per heavy atom. The van der Waals surface area contributed by atoms with Crippen molar-refractivity contribution in [3.63, 3.8) is 0 Å². The molecule has 0 aliphatic rings. The van der Waals surface area contributed by atoms with Crippen molar-refractivity contribution in [2.75, 3.05) is 11.9 Å². The topological polar surface area (TPSA) is 38.3 Å². The molecule has 0 saturated heterocycles. The minimum Gasteiger partial charge on any atom is -0.493 e. The second kappa shape index (κ2) is 8.74. The van der Waals surface area contributed by atoms with Gasteiger partial charge in [-0.1, -0.05) is 37.6 Å². The van der Waals surface area contributed by atoms with Gasteiger partial charge in [0.15, 0.2) is 0 Å². The fraction of sp³-hybridized carbons (Fsp3) is 0.350. The lowest BCUT2D eigenvalue weighted by Crippen LogP contribution is -2.13. The third kappa shape index (κ3) is 5.57. The summed E-state index contributed by atoms with van der Waals surface area (Å²) in [5.74, 6) is 1.30. The van der Waals surface area contributed by atoms with Gasteiger partial charge in [0.25, 0.3) is 0 Å². The number of amides is 1. The Labute approximate surface area is 149 Å². The van der Waals surface area contributed by atoms with E-state index in [1.54, 1.807) is 6.07 Å². The molecule has 0 fully saturated rings. The first kappa shape index (κ1) is 18.3. The van der Waals surface area contributed by atoms with Gasteiger partial charge in [-0.15, -0.1) is 0 Å². The van der Waals surface area contributed by atoms with Gasteiger partial charge in [0, 0.05) is 17.1 Å². The molecule has 0 unspecified atom stereocenters. The number of nitrogens with one attached hydrogen (secondary N) is 1. The van der Waals surface area contributed by atoms with Gasteiger partial charge in [0.1, 0.15) is 5.75 Å². The van der Waals surface area contributed by atoms with Gasteiger partial charge in [0.2, 0.25) is 5.91 Å². The quantitative estimate of drug-likeness (QED) is 0.666. The van der Waals surface area contributed by atoms with Gasteiger partial charge in [0.05, 0.1) is 6.61 Å². The lowest BCUT2D eigenvalue weighted by Gasteiger charge is -2.10. The largest absolute Gasteiger partial charge is 0.493 e. The molecular weight excluding hydrogens is 322 g/mol. The summed E-state index contributed by atoms with van der Waals surface area (Å²) in [6, 6.07) is 13.5. The number of carbonyl (C=O) groups is 1. The molecule has 0 atom stereocenters. The van der Waals surface area contributed by atoms with Crippen molar-refractivity contribution < 1.29 is 9.53 Å². The zero-order valence-electron chi connectivity index (χ0n) is 14.4. The Kier molecular flexibility index (Phi) is 6.68. The van der Waals surface area contributed by atoms with Crippen LogP contribution in [0.4, 0.5) is 5.69 Å². The van der Waals surface area contributed by atoms with Crippen molar-refractivity contribution in [1.82, 2.24) is 0 Å². The summed E-state index contributed by atoms with van der Waals surface area (Å²) in [6.07, 6.45) is 1.09. The number of carbonyl (C=O) groups excluding carboxylic acids is 1. The first-order valence-corrected chi connectivity index (χ1v) is 8.62. The van der Waals surface area contributed by atoms with Crippen LogP contribution in [0, 0.1) is 6.92 Å². The maximum atomic E-state index is 12.0. The van der Waals surface area contributed by atoms with Crippen LogP contribution >= 0.6 is 11.6 Å². The summed E-state index contributed by atoms with van der Waals surface area (Å²) in [4.78, 5) is 12.0. The van der Waals surface area contributed by atoms with Gasteiger partial charge in [-0.05, 0) is 60.7 Å². The molecule has 0 radical (unpaired) electrons. The van der Waals surface area contributed by atoms with Crippen LogP contribution in [0.15, 0.2) is 42.5 Å². The Morgan fingerprint density at radius 2 is 1.88 bits per heavy atom. The average molecular weight is 346 g/mol. The first-order chi connectivity index (χ1) is 11.5. The van der Waals surface area contributed by atoms with Gasteiger partial charge >= 0.3 is 0 Å². The van der Waals surface area contributed by atoms with E-state index in [4.69, 9.17) is 16.3 Å². The highest BCUT2D eigenvalue weighted by Crippen LogP contribution is 2.22. The van der Waals surface area contributed by atoms with Crippen LogP contribution in [0.5, 0.6) is 5.75 Å². The molecule has 0 aliphatic carbocycles. The molecule has 0 spiro atoms. The van der Waals surface area contributed by atoms with E-state index in [1.807, 2.05) is 43.3 Å². The fourth-order valence-electron chi connectivity index (χ4n) is 2.36. The lowest BCUT2D eigenvalue weighted by molar-refractivity contribution is -0.116. The number of hydrogen-bond donors (Lipinski definition) is 1. The summed E-state index contributed by atoms with van der Waals surface area (Å²) in [5.41, 5.74) is 3.09. The van der Waals surface area contributed by atoms with Crippen LogP contribution in [-0.2, 0) is 4.79 Å². The van der Waals surface area contributed by atoms with E-state index in [-0.39, 0.29) is 5.91 Å². The number of rotatable bonds is 7. The van der Waals surface area contributed by atoms with E-state index in [0.29, 0.717) is 30.4 Å². The summed E-state index contributed by atoms with van der Waals surface area (Å²) >= 11 is 5.92. The van der Waals surface area contributed by atoms with Crippen LogP contribution < -0.4 is 10.1 Å².